The van der Waals surface area contributed by atoms with Crippen LogP contribution < -0.4 is 4.74 Å². The van der Waals surface area contributed by atoms with E-state index < -0.39 is 0 Å². The maximum Gasteiger partial charge on any atom is 0.119 e. The van der Waals surface area contributed by atoms with Gasteiger partial charge in [0.15, 0.2) is 0 Å². The van der Waals surface area contributed by atoms with E-state index in [0.717, 1.165) is 43.3 Å². The number of benzene rings is 1. The molecule has 0 bridgehead atoms. The lowest BCUT2D eigenvalue weighted by Gasteiger charge is -2.16. The molecule has 132 valence electrons. The van der Waals surface area contributed by atoms with Crippen molar-refractivity contribution < 1.29 is 9.15 Å². The van der Waals surface area contributed by atoms with Crippen LogP contribution in [0.5, 0.6) is 5.75 Å². The van der Waals surface area contributed by atoms with Crippen molar-refractivity contribution in [2.24, 2.45) is 0 Å². The number of hydrogen-bond donors (Lipinski definition) is 0. The Hall–Kier alpha value is -2.53. The van der Waals surface area contributed by atoms with Crippen molar-refractivity contribution in [3.05, 3.63) is 72.2 Å². The van der Waals surface area contributed by atoms with Gasteiger partial charge in [0, 0.05) is 25.5 Å². The predicted molar refractivity (Wildman–Crippen MR) is 97.4 cm³/mol. The smallest absolute Gasteiger partial charge is 0.119 e. The summed E-state index contributed by atoms with van der Waals surface area (Å²) in [5.74, 6) is 2.87. The molecule has 0 saturated heterocycles. The third-order valence-electron chi connectivity index (χ3n) is 3.96. The highest BCUT2D eigenvalue weighted by Gasteiger charge is 2.06. The van der Waals surface area contributed by atoms with Crippen LogP contribution >= 0.6 is 0 Å². The second kappa shape index (κ2) is 8.53. The Morgan fingerprint density at radius 1 is 1.20 bits per heavy atom. The van der Waals surface area contributed by atoms with Crippen LogP contribution in [0.1, 0.15) is 23.5 Å². The predicted octanol–water partition coefficient (Wildman–Crippen LogP) is 3.89. The van der Waals surface area contributed by atoms with E-state index in [1.165, 1.54) is 5.56 Å². The molecule has 0 atom stereocenters. The molecule has 2 aromatic heterocycles. The van der Waals surface area contributed by atoms with Gasteiger partial charge in [0.2, 0.25) is 0 Å². The van der Waals surface area contributed by atoms with Crippen LogP contribution in [0.2, 0.25) is 0 Å². The van der Waals surface area contributed by atoms with Crippen molar-refractivity contribution in [1.82, 2.24) is 14.5 Å². The van der Waals surface area contributed by atoms with Crippen LogP contribution in [0.3, 0.4) is 0 Å². The number of rotatable bonds is 9. The Morgan fingerprint density at radius 3 is 2.88 bits per heavy atom. The summed E-state index contributed by atoms with van der Waals surface area (Å²) in [5.41, 5.74) is 1.23. The zero-order chi connectivity index (χ0) is 17.5. The van der Waals surface area contributed by atoms with Crippen molar-refractivity contribution in [3.8, 4) is 5.75 Å². The molecule has 0 radical (unpaired) electrons. The van der Waals surface area contributed by atoms with Gasteiger partial charge in [0.25, 0.3) is 0 Å². The second-order valence-electron chi connectivity index (χ2n) is 6.33. The lowest BCUT2D eigenvalue weighted by atomic mass is 10.2. The lowest BCUT2D eigenvalue weighted by molar-refractivity contribution is 0.282. The summed E-state index contributed by atoms with van der Waals surface area (Å²) in [5, 5.41) is 0. The van der Waals surface area contributed by atoms with Gasteiger partial charge in [0.05, 0.1) is 19.5 Å². The summed E-state index contributed by atoms with van der Waals surface area (Å²) in [4.78, 5) is 6.27. The Balaban J connectivity index is 1.45. The van der Waals surface area contributed by atoms with Gasteiger partial charge in [0.1, 0.15) is 17.3 Å². The van der Waals surface area contributed by atoms with Gasteiger partial charge in [-0.05, 0) is 50.2 Å². The summed E-state index contributed by atoms with van der Waals surface area (Å²) in [6.07, 6.45) is 6.55. The Labute approximate surface area is 148 Å². The van der Waals surface area contributed by atoms with Crippen LogP contribution in [0.15, 0.2) is 59.5 Å². The molecule has 0 saturated carbocycles. The second-order valence-corrected chi connectivity index (χ2v) is 6.33. The molecule has 1 aromatic carbocycles. The molecule has 0 aliphatic carbocycles. The van der Waals surface area contributed by atoms with E-state index in [4.69, 9.17) is 9.15 Å². The molecular weight excluding hydrogens is 314 g/mol. The molecule has 0 amide bonds. The molecule has 0 unspecified atom stereocenters. The molecule has 5 nitrogen and oxygen atoms in total. The largest absolute Gasteiger partial charge is 0.494 e. The van der Waals surface area contributed by atoms with Gasteiger partial charge in [-0.25, -0.2) is 4.98 Å². The molecule has 0 fully saturated rings. The number of hydrogen-bond acceptors (Lipinski definition) is 4. The Morgan fingerprint density at radius 2 is 2.12 bits per heavy atom. The highest BCUT2D eigenvalue weighted by atomic mass is 16.5. The van der Waals surface area contributed by atoms with Gasteiger partial charge in [-0.3, -0.25) is 4.90 Å². The quantitative estimate of drug-likeness (QED) is 0.555. The third kappa shape index (κ3) is 5.50. The average Bonchev–Trinajstić information content (AvgIpc) is 3.24. The average molecular weight is 339 g/mol. The minimum absolute atomic E-state index is 0.698. The van der Waals surface area contributed by atoms with E-state index in [-0.39, 0.29) is 0 Å². The molecule has 5 heteroatoms. The first-order valence-corrected chi connectivity index (χ1v) is 8.60. The fourth-order valence-corrected chi connectivity index (χ4v) is 2.79. The van der Waals surface area contributed by atoms with Crippen LogP contribution in [0.4, 0.5) is 0 Å². The molecule has 0 aliphatic heterocycles. The number of furan rings is 1. The first kappa shape index (κ1) is 17.3. The Bertz CT molecular complexity index is 765. The van der Waals surface area contributed by atoms with E-state index in [9.17, 15) is 0 Å². The van der Waals surface area contributed by atoms with Gasteiger partial charge >= 0.3 is 0 Å². The molecule has 0 aliphatic rings. The molecule has 2 heterocycles. The maximum atomic E-state index is 5.88. The minimum atomic E-state index is 0.698. The number of aryl methyl sites for hydroxylation is 2. The molecule has 0 N–H and O–H groups in total. The standard InChI is InChI=1S/C20H25N3O2/c1-17-7-8-20(25-17)15-22(2)14-18-5-3-6-19(13-18)24-12-4-10-23-11-9-21-16-23/h3,5-9,11,13,16H,4,10,12,14-15H2,1-2H3. The van der Waals surface area contributed by atoms with Crippen LogP contribution in [-0.2, 0) is 19.6 Å². The number of ether oxygens (including phenoxy) is 1. The first-order chi connectivity index (χ1) is 12.2. The number of nitrogens with zero attached hydrogens (tertiary/aromatic N) is 3. The minimum Gasteiger partial charge on any atom is -0.494 e. The Kier molecular flexibility index (Phi) is 5.90. The van der Waals surface area contributed by atoms with E-state index in [2.05, 4.69) is 33.6 Å². The lowest BCUT2D eigenvalue weighted by Crippen LogP contribution is -2.16. The topological polar surface area (TPSA) is 43.4 Å². The van der Waals surface area contributed by atoms with Gasteiger partial charge in [-0.15, -0.1) is 0 Å². The zero-order valence-corrected chi connectivity index (χ0v) is 14.9. The number of aromatic nitrogens is 2. The van der Waals surface area contributed by atoms with Gasteiger partial charge in [-0.2, -0.15) is 0 Å². The fraction of sp³-hybridized carbons (Fsp3) is 0.350. The first-order valence-electron chi connectivity index (χ1n) is 8.60. The third-order valence-corrected chi connectivity index (χ3v) is 3.96. The van der Waals surface area contributed by atoms with Crippen molar-refractivity contribution in [2.75, 3.05) is 13.7 Å². The highest BCUT2D eigenvalue weighted by molar-refractivity contribution is 5.28. The summed E-state index contributed by atoms with van der Waals surface area (Å²) in [6.45, 7) is 5.24. The molecular formula is C20H25N3O2. The molecule has 25 heavy (non-hydrogen) atoms. The SMILES string of the molecule is Cc1ccc(CN(C)Cc2cccc(OCCCn3ccnc3)c2)o1. The van der Waals surface area contributed by atoms with E-state index >= 15 is 0 Å². The van der Waals surface area contributed by atoms with Gasteiger partial charge in [-0.1, -0.05) is 12.1 Å². The monoisotopic (exact) mass is 339 g/mol. The van der Waals surface area contributed by atoms with Crippen LogP contribution in [0.25, 0.3) is 0 Å². The maximum absolute atomic E-state index is 5.88. The van der Waals surface area contributed by atoms with Crippen molar-refractivity contribution in [1.29, 1.82) is 0 Å². The highest BCUT2D eigenvalue weighted by Crippen LogP contribution is 2.16. The fourth-order valence-electron chi connectivity index (χ4n) is 2.79. The zero-order valence-electron chi connectivity index (χ0n) is 14.9. The van der Waals surface area contributed by atoms with E-state index in [1.54, 1.807) is 6.20 Å². The number of imidazole rings is 1. The summed E-state index contributed by atoms with van der Waals surface area (Å²) >= 11 is 0. The molecule has 0 spiro atoms. The van der Waals surface area contributed by atoms with E-state index in [0.29, 0.717) is 6.61 Å². The normalized spacial score (nSPS) is 11.2. The van der Waals surface area contributed by atoms with E-state index in [1.807, 2.05) is 43.7 Å². The van der Waals surface area contributed by atoms with Crippen molar-refractivity contribution in [2.45, 2.75) is 33.0 Å². The van der Waals surface area contributed by atoms with Crippen LogP contribution in [0, 0.1) is 6.92 Å². The summed E-state index contributed by atoms with van der Waals surface area (Å²) in [6, 6.07) is 12.3. The van der Waals surface area contributed by atoms with Crippen molar-refractivity contribution >= 4 is 0 Å². The molecule has 3 aromatic rings. The van der Waals surface area contributed by atoms with Crippen molar-refractivity contribution in [3.63, 3.8) is 0 Å². The molecule has 3 rings (SSSR count). The van der Waals surface area contributed by atoms with Gasteiger partial charge < -0.3 is 13.7 Å². The summed E-state index contributed by atoms with van der Waals surface area (Å²) < 4.78 is 13.6. The van der Waals surface area contributed by atoms with Crippen LogP contribution in [-0.4, -0.2) is 28.1 Å². The summed E-state index contributed by atoms with van der Waals surface area (Å²) in [7, 11) is 2.09.